The number of likely N-dealkylation sites (tertiary alicyclic amines) is 1. The van der Waals surface area contributed by atoms with Gasteiger partial charge < -0.3 is 16.0 Å². The molecule has 1 aromatic rings. The number of carbonyl (C=O) groups excluding carboxylic acids is 2. The van der Waals surface area contributed by atoms with E-state index >= 15 is 0 Å². The molecule has 0 bridgehead atoms. The summed E-state index contributed by atoms with van der Waals surface area (Å²) in [5.74, 6) is -0.119. The molecular formula is C14H23N5O2. The maximum atomic E-state index is 12.1. The molecular weight excluding hydrogens is 270 g/mol. The van der Waals surface area contributed by atoms with Gasteiger partial charge in [0.2, 0.25) is 5.91 Å². The molecule has 1 unspecified atom stereocenters. The summed E-state index contributed by atoms with van der Waals surface area (Å²) in [5, 5.41) is 9.82. The number of rotatable bonds is 5. The van der Waals surface area contributed by atoms with Gasteiger partial charge in [-0.25, -0.2) is 4.79 Å². The lowest BCUT2D eigenvalue weighted by atomic mass is 9.97. The highest BCUT2D eigenvalue weighted by Crippen LogP contribution is 2.16. The number of urea groups is 1. The lowest BCUT2D eigenvalue weighted by Crippen LogP contribution is -2.47. The lowest BCUT2D eigenvalue weighted by Gasteiger charge is -2.30. The van der Waals surface area contributed by atoms with Crippen LogP contribution < -0.4 is 11.1 Å². The fraction of sp³-hybridized carbons (Fsp3) is 0.643. The molecule has 116 valence electrons. The van der Waals surface area contributed by atoms with Crippen LogP contribution in [0.2, 0.25) is 0 Å². The van der Waals surface area contributed by atoms with Crippen molar-refractivity contribution in [2.45, 2.75) is 32.6 Å². The van der Waals surface area contributed by atoms with Gasteiger partial charge in [0.25, 0.3) is 0 Å². The Balaban J connectivity index is 1.69. The summed E-state index contributed by atoms with van der Waals surface area (Å²) >= 11 is 0. The monoisotopic (exact) mass is 293 g/mol. The normalized spacial score (nSPS) is 18.5. The summed E-state index contributed by atoms with van der Waals surface area (Å²) in [6.07, 6.45) is 5.23. The van der Waals surface area contributed by atoms with Crippen molar-refractivity contribution in [1.82, 2.24) is 20.4 Å². The second-order valence-corrected chi connectivity index (χ2v) is 5.54. The van der Waals surface area contributed by atoms with E-state index in [1.54, 1.807) is 4.90 Å². The molecule has 1 atom stereocenters. The first kappa shape index (κ1) is 15.3. The van der Waals surface area contributed by atoms with Gasteiger partial charge in [0.05, 0.1) is 12.1 Å². The predicted octanol–water partition coefficient (Wildman–Crippen LogP) is 0.558. The smallest absolute Gasteiger partial charge is 0.314 e. The molecule has 0 radical (unpaired) electrons. The number of nitrogens with two attached hydrogens (primary N) is 1. The molecule has 1 aliphatic heterocycles. The Kier molecular flexibility index (Phi) is 5.19. The maximum Gasteiger partial charge on any atom is 0.314 e. The van der Waals surface area contributed by atoms with Crippen molar-refractivity contribution in [2.75, 3.05) is 19.6 Å². The van der Waals surface area contributed by atoms with Gasteiger partial charge in [0.15, 0.2) is 0 Å². The van der Waals surface area contributed by atoms with E-state index in [9.17, 15) is 9.59 Å². The molecule has 0 spiro atoms. The Morgan fingerprint density at radius 1 is 1.57 bits per heavy atom. The number of H-pyrrole nitrogens is 1. The third kappa shape index (κ3) is 4.21. The molecule has 4 N–H and O–H groups in total. The SMILES string of the molecule is Cc1[nH]ncc1CCCNC(=O)C1CCCN(C(N)=O)C1. The van der Waals surface area contributed by atoms with Crippen molar-refractivity contribution in [3.8, 4) is 0 Å². The molecule has 1 saturated heterocycles. The molecule has 2 rings (SSSR count). The van der Waals surface area contributed by atoms with E-state index in [4.69, 9.17) is 5.73 Å². The van der Waals surface area contributed by atoms with Crippen LogP contribution in [0.5, 0.6) is 0 Å². The van der Waals surface area contributed by atoms with Crippen molar-refractivity contribution in [2.24, 2.45) is 11.7 Å². The minimum atomic E-state index is -0.442. The largest absolute Gasteiger partial charge is 0.356 e. The zero-order chi connectivity index (χ0) is 15.2. The highest BCUT2D eigenvalue weighted by molar-refractivity contribution is 5.80. The second-order valence-electron chi connectivity index (χ2n) is 5.54. The number of piperidine rings is 1. The summed E-state index contributed by atoms with van der Waals surface area (Å²) in [6.45, 7) is 3.71. The van der Waals surface area contributed by atoms with Crippen molar-refractivity contribution < 1.29 is 9.59 Å². The van der Waals surface area contributed by atoms with Crippen molar-refractivity contribution in [3.05, 3.63) is 17.5 Å². The zero-order valence-corrected chi connectivity index (χ0v) is 12.4. The van der Waals surface area contributed by atoms with Crippen LogP contribution in [-0.4, -0.2) is 46.7 Å². The van der Waals surface area contributed by atoms with Crippen LogP contribution in [0.15, 0.2) is 6.20 Å². The van der Waals surface area contributed by atoms with Gasteiger partial charge in [-0.05, 0) is 38.2 Å². The van der Waals surface area contributed by atoms with Gasteiger partial charge in [-0.3, -0.25) is 9.89 Å². The molecule has 0 saturated carbocycles. The fourth-order valence-corrected chi connectivity index (χ4v) is 2.65. The van der Waals surface area contributed by atoms with Gasteiger partial charge in [0, 0.05) is 25.3 Å². The quantitative estimate of drug-likeness (QED) is 0.691. The highest BCUT2D eigenvalue weighted by atomic mass is 16.2. The molecule has 1 aromatic heterocycles. The summed E-state index contributed by atoms with van der Waals surface area (Å²) < 4.78 is 0. The topological polar surface area (TPSA) is 104 Å². The van der Waals surface area contributed by atoms with E-state index in [1.807, 2.05) is 13.1 Å². The minimum Gasteiger partial charge on any atom is -0.356 e. The summed E-state index contributed by atoms with van der Waals surface area (Å²) in [4.78, 5) is 24.8. The number of nitrogens with zero attached hydrogens (tertiary/aromatic N) is 2. The molecule has 3 amide bonds. The Morgan fingerprint density at radius 3 is 3.05 bits per heavy atom. The van der Waals surface area contributed by atoms with Crippen molar-refractivity contribution in [3.63, 3.8) is 0 Å². The number of hydrogen-bond acceptors (Lipinski definition) is 3. The first-order valence-electron chi connectivity index (χ1n) is 7.39. The van der Waals surface area contributed by atoms with Crippen LogP contribution in [0.1, 0.15) is 30.5 Å². The molecule has 0 aromatic carbocycles. The molecule has 1 fully saturated rings. The van der Waals surface area contributed by atoms with E-state index in [1.165, 1.54) is 5.56 Å². The summed E-state index contributed by atoms with van der Waals surface area (Å²) in [7, 11) is 0. The van der Waals surface area contributed by atoms with Crippen molar-refractivity contribution >= 4 is 11.9 Å². The number of hydrogen-bond donors (Lipinski definition) is 3. The zero-order valence-electron chi connectivity index (χ0n) is 12.4. The summed E-state index contributed by atoms with van der Waals surface area (Å²) in [5.41, 5.74) is 7.52. The maximum absolute atomic E-state index is 12.1. The highest BCUT2D eigenvalue weighted by Gasteiger charge is 2.26. The van der Waals surface area contributed by atoms with Crippen LogP contribution in [0.3, 0.4) is 0 Å². The van der Waals surface area contributed by atoms with E-state index in [0.717, 1.165) is 31.4 Å². The lowest BCUT2D eigenvalue weighted by molar-refractivity contribution is -0.126. The van der Waals surface area contributed by atoms with Gasteiger partial charge in [0.1, 0.15) is 0 Å². The third-order valence-corrected chi connectivity index (χ3v) is 3.96. The van der Waals surface area contributed by atoms with Crippen LogP contribution >= 0.6 is 0 Å². The minimum absolute atomic E-state index is 0.0184. The van der Waals surface area contributed by atoms with Crippen LogP contribution in [-0.2, 0) is 11.2 Å². The molecule has 7 nitrogen and oxygen atoms in total. The first-order valence-corrected chi connectivity index (χ1v) is 7.39. The van der Waals surface area contributed by atoms with E-state index in [2.05, 4.69) is 15.5 Å². The van der Waals surface area contributed by atoms with Crippen LogP contribution in [0.4, 0.5) is 4.79 Å². The number of amides is 3. The molecule has 2 heterocycles. The Bertz CT molecular complexity index is 499. The van der Waals surface area contributed by atoms with Gasteiger partial charge in [-0.15, -0.1) is 0 Å². The standard InChI is InChI=1S/C14H23N5O2/c1-10-11(8-17-18-10)4-2-6-16-13(20)12-5-3-7-19(9-12)14(15)21/h8,12H,2-7,9H2,1H3,(H2,15,21)(H,16,20)(H,17,18). The Hall–Kier alpha value is -2.05. The third-order valence-electron chi connectivity index (χ3n) is 3.96. The van der Waals surface area contributed by atoms with Gasteiger partial charge in [-0.2, -0.15) is 5.10 Å². The number of nitrogens with one attached hydrogen (secondary N) is 2. The van der Waals surface area contributed by atoms with Crippen molar-refractivity contribution in [1.29, 1.82) is 0 Å². The number of carbonyl (C=O) groups is 2. The number of aromatic amines is 1. The Labute approximate surface area is 124 Å². The average Bonchev–Trinajstić information content (AvgIpc) is 2.89. The van der Waals surface area contributed by atoms with E-state index in [-0.39, 0.29) is 11.8 Å². The molecule has 21 heavy (non-hydrogen) atoms. The van der Waals surface area contributed by atoms with E-state index < -0.39 is 6.03 Å². The molecule has 1 aliphatic rings. The van der Waals surface area contributed by atoms with Crippen LogP contribution in [0, 0.1) is 12.8 Å². The van der Waals surface area contributed by atoms with E-state index in [0.29, 0.717) is 19.6 Å². The summed E-state index contributed by atoms with van der Waals surface area (Å²) in [6, 6.07) is -0.442. The number of primary amides is 1. The van der Waals surface area contributed by atoms with Gasteiger partial charge in [-0.1, -0.05) is 0 Å². The number of aryl methyl sites for hydroxylation is 2. The molecule has 0 aliphatic carbocycles. The average molecular weight is 293 g/mol. The van der Waals surface area contributed by atoms with Gasteiger partial charge >= 0.3 is 6.03 Å². The molecule has 7 heteroatoms. The second kappa shape index (κ2) is 7.10. The van der Waals surface area contributed by atoms with Crippen LogP contribution in [0.25, 0.3) is 0 Å². The first-order chi connectivity index (χ1) is 10.1. The predicted molar refractivity (Wildman–Crippen MR) is 78.5 cm³/mol. The Morgan fingerprint density at radius 2 is 2.38 bits per heavy atom. The number of aromatic nitrogens is 2. The fourth-order valence-electron chi connectivity index (χ4n) is 2.65.